The predicted molar refractivity (Wildman–Crippen MR) is 61.7 cm³/mol. The number of methoxy groups -OCH3 is 1. The van der Waals surface area contributed by atoms with Gasteiger partial charge in [0.1, 0.15) is 6.10 Å². The summed E-state index contributed by atoms with van der Waals surface area (Å²) >= 11 is 0. The Balaban J connectivity index is 2.07. The summed E-state index contributed by atoms with van der Waals surface area (Å²) in [5, 5.41) is 0. The smallest absolute Gasteiger partial charge is 0.324 e. The lowest BCUT2D eigenvalue weighted by Crippen LogP contribution is -2.21. The summed E-state index contributed by atoms with van der Waals surface area (Å²) in [7, 11) is 1.49. The molecule has 0 radical (unpaired) electrons. The zero-order chi connectivity index (χ0) is 12.1. The van der Waals surface area contributed by atoms with E-state index in [1.807, 2.05) is 0 Å². The zero-order valence-corrected chi connectivity index (χ0v) is 9.85. The summed E-state index contributed by atoms with van der Waals surface area (Å²) in [6.07, 6.45) is 5.92. The zero-order valence-electron chi connectivity index (χ0n) is 9.85. The third-order valence-corrected chi connectivity index (χ3v) is 2.73. The summed E-state index contributed by atoms with van der Waals surface area (Å²) in [4.78, 5) is 12.0. The Morgan fingerprint density at radius 2 is 1.82 bits per heavy atom. The van der Waals surface area contributed by atoms with Crippen LogP contribution in [0.1, 0.15) is 32.1 Å². The van der Waals surface area contributed by atoms with E-state index in [1.54, 1.807) is 0 Å². The van der Waals surface area contributed by atoms with Crippen LogP contribution in [0.5, 0.6) is 12.0 Å². The maximum atomic E-state index is 5.70. The monoisotopic (exact) mass is 239 g/mol. The molecule has 0 spiro atoms. The van der Waals surface area contributed by atoms with Gasteiger partial charge in [-0.2, -0.15) is 9.97 Å². The van der Waals surface area contributed by atoms with Gasteiger partial charge in [0.05, 0.1) is 7.11 Å². The first-order valence-electron chi connectivity index (χ1n) is 5.75. The van der Waals surface area contributed by atoms with Crippen LogP contribution >= 0.6 is 0 Å². The van der Waals surface area contributed by atoms with Crippen molar-refractivity contribution in [2.75, 3.05) is 12.5 Å². The number of hydrogen-bond donors (Lipinski definition) is 2. The first kappa shape index (κ1) is 11.8. The molecule has 1 aliphatic rings. The lowest BCUT2D eigenvalue weighted by molar-refractivity contribution is 0.140. The second-order valence-electron chi connectivity index (χ2n) is 3.95. The van der Waals surface area contributed by atoms with Crippen molar-refractivity contribution in [1.29, 1.82) is 0 Å². The standard InChI is InChI=1S/C10H17N5O2/c1-16-9-12-8(15-11)13-10(14-9)17-7-5-3-2-4-6-7/h7H,2-6,11H2,1H3,(H,12,13,14,15). The number of hydrogen-bond acceptors (Lipinski definition) is 7. The summed E-state index contributed by atoms with van der Waals surface area (Å²) in [5.74, 6) is 5.50. The van der Waals surface area contributed by atoms with Crippen molar-refractivity contribution in [3.05, 3.63) is 0 Å². The lowest BCUT2D eigenvalue weighted by atomic mass is 9.98. The second-order valence-corrected chi connectivity index (χ2v) is 3.95. The molecular formula is C10H17N5O2. The minimum absolute atomic E-state index is 0.182. The topological polar surface area (TPSA) is 95.2 Å². The Morgan fingerprint density at radius 1 is 1.12 bits per heavy atom. The van der Waals surface area contributed by atoms with Crippen molar-refractivity contribution in [3.8, 4) is 12.0 Å². The Bertz CT molecular complexity index is 345. The van der Waals surface area contributed by atoms with Gasteiger partial charge in [-0.25, -0.2) is 5.84 Å². The van der Waals surface area contributed by atoms with Crippen LogP contribution in [0.15, 0.2) is 0 Å². The van der Waals surface area contributed by atoms with Gasteiger partial charge in [0, 0.05) is 0 Å². The van der Waals surface area contributed by atoms with Gasteiger partial charge in [0.2, 0.25) is 5.95 Å². The van der Waals surface area contributed by atoms with Crippen LogP contribution in [0, 0.1) is 0 Å². The molecule has 0 bridgehead atoms. The number of ether oxygens (including phenoxy) is 2. The van der Waals surface area contributed by atoms with Crippen LogP contribution in [0.4, 0.5) is 5.95 Å². The summed E-state index contributed by atoms with van der Waals surface area (Å²) in [6, 6.07) is 0.454. The molecule has 7 nitrogen and oxygen atoms in total. The molecule has 0 aromatic carbocycles. The molecule has 1 aromatic rings. The van der Waals surface area contributed by atoms with Crippen molar-refractivity contribution in [2.45, 2.75) is 38.2 Å². The second kappa shape index (κ2) is 5.62. The number of rotatable bonds is 4. The number of nitrogens with one attached hydrogen (secondary N) is 1. The molecule has 7 heteroatoms. The number of anilines is 1. The summed E-state index contributed by atoms with van der Waals surface area (Å²) in [5.41, 5.74) is 2.36. The Hall–Kier alpha value is -1.63. The molecule has 1 heterocycles. The highest BCUT2D eigenvalue weighted by atomic mass is 16.5. The average Bonchev–Trinajstić information content (AvgIpc) is 2.39. The van der Waals surface area contributed by atoms with E-state index in [0.29, 0.717) is 0 Å². The minimum atomic E-state index is 0.182. The maximum Gasteiger partial charge on any atom is 0.324 e. The van der Waals surface area contributed by atoms with Gasteiger partial charge in [0.15, 0.2) is 0 Å². The highest BCUT2D eigenvalue weighted by Crippen LogP contribution is 2.22. The molecule has 17 heavy (non-hydrogen) atoms. The average molecular weight is 239 g/mol. The minimum Gasteiger partial charge on any atom is -0.467 e. The molecule has 1 aromatic heterocycles. The summed E-state index contributed by atoms with van der Waals surface area (Å²) < 4.78 is 10.7. The van der Waals surface area contributed by atoms with E-state index in [-0.39, 0.29) is 24.1 Å². The van der Waals surface area contributed by atoms with Crippen molar-refractivity contribution >= 4 is 5.95 Å². The number of nitrogen functional groups attached to an aromatic ring is 1. The Labute approximate surface area is 99.7 Å². The first-order valence-corrected chi connectivity index (χ1v) is 5.75. The highest BCUT2D eigenvalue weighted by molar-refractivity contribution is 5.25. The van der Waals surface area contributed by atoms with Gasteiger partial charge in [-0.15, -0.1) is 4.98 Å². The van der Waals surface area contributed by atoms with Gasteiger partial charge in [-0.1, -0.05) is 6.42 Å². The van der Waals surface area contributed by atoms with Gasteiger partial charge in [0.25, 0.3) is 0 Å². The number of nitrogens with zero attached hydrogens (tertiary/aromatic N) is 3. The fourth-order valence-corrected chi connectivity index (χ4v) is 1.88. The quantitative estimate of drug-likeness (QED) is 0.594. The molecule has 0 saturated heterocycles. The van der Waals surface area contributed by atoms with E-state index in [1.165, 1.54) is 26.4 Å². The van der Waals surface area contributed by atoms with Crippen LogP contribution < -0.4 is 20.7 Å². The molecule has 0 unspecified atom stereocenters. The maximum absolute atomic E-state index is 5.70. The van der Waals surface area contributed by atoms with Crippen LogP contribution in [0.3, 0.4) is 0 Å². The van der Waals surface area contributed by atoms with Crippen molar-refractivity contribution in [2.24, 2.45) is 5.84 Å². The van der Waals surface area contributed by atoms with Crippen molar-refractivity contribution < 1.29 is 9.47 Å². The van der Waals surface area contributed by atoms with E-state index in [0.717, 1.165) is 12.8 Å². The molecule has 1 saturated carbocycles. The predicted octanol–water partition coefficient (Wildman–Crippen LogP) is 0.877. The SMILES string of the molecule is COc1nc(NN)nc(OC2CCCCC2)n1. The molecule has 0 aliphatic heterocycles. The number of aromatic nitrogens is 3. The fourth-order valence-electron chi connectivity index (χ4n) is 1.88. The highest BCUT2D eigenvalue weighted by Gasteiger charge is 2.17. The molecule has 1 aliphatic carbocycles. The van der Waals surface area contributed by atoms with Gasteiger partial charge >= 0.3 is 12.0 Å². The molecule has 94 valence electrons. The Kier molecular flexibility index (Phi) is 3.92. The van der Waals surface area contributed by atoms with Gasteiger partial charge in [-0.05, 0) is 25.7 Å². The van der Waals surface area contributed by atoms with E-state index in [2.05, 4.69) is 20.4 Å². The van der Waals surface area contributed by atoms with E-state index in [9.17, 15) is 0 Å². The fraction of sp³-hybridized carbons (Fsp3) is 0.700. The van der Waals surface area contributed by atoms with Crippen LogP contribution in [-0.4, -0.2) is 28.2 Å². The van der Waals surface area contributed by atoms with E-state index < -0.39 is 0 Å². The molecule has 1 fully saturated rings. The number of hydrazine groups is 1. The summed E-state index contributed by atoms with van der Waals surface area (Å²) in [6.45, 7) is 0. The molecule has 0 atom stereocenters. The molecule has 2 rings (SSSR count). The first-order chi connectivity index (χ1) is 8.31. The van der Waals surface area contributed by atoms with Crippen LogP contribution in [0.25, 0.3) is 0 Å². The molecule has 3 N–H and O–H groups in total. The van der Waals surface area contributed by atoms with Crippen molar-refractivity contribution in [3.63, 3.8) is 0 Å². The molecule has 0 amide bonds. The van der Waals surface area contributed by atoms with Crippen LogP contribution in [-0.2, 0) is 0 Å². The van der Waals surface area contributed by atoms with Gasteiger partial charge in [-0.3, -0.25) is 5.43 Å². The third kappa shape index (κ3) is 3.16. The largest absolute Gasteiger partial charge is 0.467 e. The van der Waals surface area contributed by atoms with Crippen molar-refractivity contribution in [1.82, 2.24) is 15.0 Å². The molecular weight excluding hydrogens is 222 g/mol. The lowest BCUT2D eigenvalue weighted by Gasteiger charge is -2.21. The van der Waals surface area contributed by atoms with E-state index >= 15 is 0 Å². The normalized spacial score (nSPS) is 16.6. The van der Waals surface area contributed by atoms with E-state index in [4.69, 9.17) is 15.3 Å². The van der Waals surface area contributed by atoms with Crippen LogP contribution in [0.2, 0.25) is 0 Å². The van der Waals surface area contributed by atoms with Gasteiger partial charge < -0.3 is 9.47 Å². The third-order valence-electron chi connectivity index (χ3n) is 2.73. The number of nitrogens with two attached hydrogens (primary N) is 1. The Morgan fingerprint density at radius 3 is 2.47 bits per heavy atom.